The van der Waals surface area contributed by atoms with Gasteiger partial charge < -0.3 is 0 Å². The maximum atomic E-state index is 11.1. The Bertz CT molecular complexity index is 180. The summed E-state index contributed by atoms with van der Waals surface area (Å²) in [5.74, 6) is 0.784. The van der Waals surface area contributed by atoms with E-state index in [9.17, 15) is 4.79 Å². The van der Waals surface area contributed by atoms with Crippen LogP contribution in [0.5, 0.6) is 0 Å². The molecule has 18 heavy (non-hydrogen) atoms. The van der Waals surface area contributed by atoms with Gasteiger partial charge in [-0.05, 0) is 11.8 Å². The van der Waals surface area contributed by atoms with Crippen LogP contribution in [0.2, 0.25) is 0 Å². The third-order valence-electron chi connectivity index (χ3n) is 3.17. The molecule has 5 nitrogen and oxygen atoms in total. The van der Waals surface area contributed by atoms with Crippen molar-refractivity contribution in [2.45, 2.75) is 53.4 Å². The van der Waals surface area contributed by atoms with Crippen LogP contribution in [-0.2, 0) is 19.6 Å². The van der Waals surface area contributed by atoms with Crippen LogP contribution in [0.4, 0.5) is 4.79 Å². The lowest BCUT2D eigenvalue weighted by Crippen LogP contribution is -2.15. The zero-order chi connectivity index (χ0) is 13.8. The van der Waals surface area contributed by atoms with E-state index in [0.29, 0.717) is 25.0 Å². The van der Waals surface area contributed by atoms with Gasteiger partial charge in [-0.1, -0.05) is 53.4 Å². The fourth-order valence-corrected chi connectivity index (χ4v) is 1.42. The summed E-state index contributed by atoms with van der Waals surface area (Å²) < 4.78 is 0. The van der Waals surface area contributed by atoms with Crippen molar-refractivity contribution < 1.29 is 24.3 Å². The average molecular weight is 262 g/mol. The molecular weight excluding hydrogens is 236 g/mol. The van der Waals surface area contributed by atoms with Crippen LogP contribution in [0.3, 0.4) is 0 Å². The summed E-state index contributed by atoms with van der Waals surface area (Å²) in [5.41, 5.74) is 0. The molecule has 0 N–H and O–H groups in total. The van der Waals surface area contributed by atoms with Gasteiger partial charge in [0.25, 0.3) is 0 Å². The van der Waals surface area contributed by atoms with Crippen LogP contribution < -0.4 is 0 Å². The largest absolute Gasteiger partial charge is 0.573 e. The molecular formula is C13H26O5. The van der Waals surface area contributed by atoms with Gasteiger partial charge in [0.2, 0.25) is 0 Å². The number of rotatable bonds is 10. The van der Waals surface area contributed by atoms with Crippen molar-refractivity contribution in [1.29, 1.82) is 0 Å². The Balaban J connectivity index is 3.54. The average Bonchev–Trinajstić information content (AvgIpc) is 2.40. The minimum Gasteiger partial charge on any atom is -0.257 e. The minimum absolute atomic E-state index is 0.384. The van der Waals surface area contributed by atoms with E-state index in [-0.39, 0.29) is 0 Å². The molecule has 0 bridgehead atoms. The molecule has 0 atom stereocenters. The van der Waals surface area contributed by atoms with Gasteiger partial charge in [0.05, 0.1) is 13.2 Å². The van der Waals surface area contributed by atoms with Crippen molar-refractivity contribution >= 4 is 6.16 Å². The lowest BCUT2D eigenvalue weighted by atomic mass is 10.1. The van der Waals surface area contributed by atoms with Crippen LogP contribution in [0.15, 0.2) is 0 Å². The molecule has 0 rings (SSSR count). The molecule has 0 spiro atoms. The number of hydrogen-bond donors (Lipinski definition) is 0. The Morgan fingerprint density at radius 3 is 1.39 bits per heavy atom. The molecule has 0 amide bonds. The highest BCUT2D eigenvalue weighted by atomic mass is 17.3. The summed E-state index contributed by atoms with van der Waals surface area (Å²) in [6.07, 6.45) is 2.99. The summed E-state index contributed by atoms with van der Waals surface area (Å²) in [7, 11) is 0. The van der Waals surface area contributed by atoms with Crippen LogP contribution in [0, 0.1) is 11.8 Å². The summed E-state index contributed by atoms with van der Waals surface area (Å²) in [6, 6.07) is 0. The Morgan fingerprint density at radius 2 is 1.11 bits per heavy atom. The van der Waals surface area contributed by atoms with E-state index in [2.05, 4.69) is 37.5 Å². The third kappa shape index (κ3) is 8.31. The van der Waals surface area contributed by atoms with E-state index in [1.807, 2.05) is 0 Å². The molecule has 0 radical (unpaired) electrons. The molecule has 0 heterocycles. The molecule has 0 aromatic rings. The second kappa shape index (κ2) is 11.3. The van der Waals surface area contributed by atoms with Crippen LogP contribution in [-0.4, -0.2) is 19.4 Å². The first-order chi connectivity index (χ1) is 8.67. The summed E-state index contributed by atoms with van der Waals surface area (Å²) in [5, 5.41) is 0. The fourth-order valence-electron chi connectivity index (χ4n) is 1.42. The zero-order valence-electron chi connectivity index (χ0n) is 11.9. The van der Waals surface area contributed by atoms with Crippen LogP contribution in [0.25, 0.3) is 0 Å². The molecule has 0 aromatic carbocycles. The Labute approximate surface area is 110 Å². The van der Waals surface area contributed by atoms with Crippen molar-refractivity contribution in [2.75, 3.05) is 13.2 Å². The van der Waals surface area contributed by atoms with Gasteiger partial charge in [-0.15, -0.1) is 0 Å². The molecule has 0 aliphatic carbocycles. The molecule has 0 unspecified atom stereocenters. The quantitative estimate of drug-likeness (QED) is 0.442. The maximum absolute atomic E-state index is 11.1. The van der Waals surface area contributed by atoms with Crippen molar-refractivity contribution in [1.82, 2.24) is 0 Å². The highest BCUT2D eigenvalue weighted by Crippen LogP contribution is 2.09. The standard InChI is InChI=1S/C13H26O5/c1-5-11(6-2)9-15-17-13(14)18-16-10-12(7-3)8-4/h11-12H,5-10H2,1-4H3. The monoisotopic (exact) mass is 262 g/mol. The normalized spacial score (nSPS) is 11.0. The highest BCUT2D eigenvalue weighted by Gasteiger charge is 2.11. The number of hydrogen-bond acceptors (Lipinski definition) is 5. The van der Waals surface area contributed by atoms with Crippen molar-refractivity contribution in [3.05, 3.63) is 0 Å². The van der Waals surface area contributed by atoms with Gasteiger partial charge in [-0.3, -0.25) is 9.78 Å². The van der Waals surface area contributed by atoms with E-state index in [4.69, 9.17) is 9.78 Å². The minimum atomic E-state index is -0.952. The predicted octanol–water partition coefficient (Wildman–Crippen LogP) is 3.88. The molecule has 0 fully saturated rings. The van der Waals surface area contributed by atoms with Gasteiger partial charge in [-0.25, -0.2) is 0 Å². The molecule has 0 aliphatic heterocycles. The van der Waals surface area contributed by atoms with E-state index in [0.717, 1.165) is 25.7 Å². The lowest BCUT2D eigenvalue weighted by Gasteiger charge is -2.12. The van der Waals surface area contributed by atoms with E-state index < -0.39 is 6.16 Å². The van der Waals surface area contributed by atoms with Crippen molar-refractivity contribution in [3.8, 4) is 0 Å². The van der Waals surface area contributed by atoms with Crippen LogP contribution in [0.1, 0.15) is 53.4 Å². The van der Waals surface area contributed by atoms with Crippen molar-refractivity contribution in [2.24, 2.45) is 11.8 Å². The molecule has 0 aliphatic rings. The second-order valence-corrected chi connectivity index (χ2v) is 4.35. The van der Waals surface area contributed by atoms with Gasteiger partial charge in [0, 0.05) is 0 Å². The number of carbonyl (C=O) groups excluding carboxylic acids is 1. The summed E-state index contributed by atoms with van der Waals surface area (Å²) >= 11 is 0. The summed E-state index contributed by atoms with van der Waals surface area (Å²) in [6.45, 7) is 9.02. The third-order valence-corrected chi connectivity index (χ3v) is 3.17. The van der Waals surface area contributed by atoms with E-state index >= 15 is 0 Å². The summed E-state index contributed by atoms with van der Waals surface area (Å²) in [4.78, 5) is 29.5. The SMILES string of the molecule is CCC(CC)COOC(=O)OOCC(CC)CC. The predicted molar refractivity (Wildman–Crippen MR) is 67.6 cm³/mol. The van der Waals surface area contributed by atoms with E-state index in [1.165, 1.54) is 0 Å². The van der Waals surface area contributed by atoms with Gasteiger partial charge in [0.1, 0.15) is 0 Å². The Morgan fingerprint density at radius 1 is 0.778 bits per heavy atom. The van der Waals surface area contributed by atoms with E-state index in [1.54, 1.807) is 0 Å². The number of carbonyl (C=O) groups is 1. The molecule has 0 saturated carbocycles. The smallest absolute Gasteiger partial charge is 0.257 e. The fraction of sp³-hybridized carbons (Fsp3) is 0.923. The Kier molecular flexibility index (Phi) is 10.8. The van der Waals surface area contributed by atoms with Gasteiger partial charge >= 0.3 is 6.16 Å². The lowest BCUT2D eigenvalue weighted by molar-refractivity contribution is -0.325. The maximum Gasteiger partial charge on any atom is 0.573 e. The topological polar surface area (TPSA) is 54.0 Å². The zero-order valence-corrected chi connectivity index (χ0v) is 11.9. The molecule has 0 aromatic heterocycles. The molecule has 108 valence electrons. The highest BCUT2D eigenvalue weighted by molar-refractivity contribution is 5.58. The van der Waals surface area contributed by atoms with Crippen LogP contribution >= 0.6 is 0 Å². The first-order valence-electron chi connectivity index (χ1n) is 6.80. The molecule has 0 saturated heterocycles. The van der Waals surface area contributed by atoms with Gasteiger partial charge in [0.15, 0.2) is 0 Å². The first kappa shape index (κ1) is 17.2. The molecule has 5 heteroatoms. The van der Waals surface area contributed by atoms with Gasteiger partial charge in [-0.2, -0.15) is 14.6 Å². The second-order valence-electron chi connectivity index (χ2n) is 4.35. The first-order valence-corrected chi connectivity index (χ1v) is 6.80. The van der Waals surface area contributed by atoms with Crippen molar-refractivity contribution in [3.63, 3.8) is 0 Å². The Hall–Kier alpha value is -0.810.